The van der Waals surface area contributed by atoms with Crippen molar-refractivity contribution >= 4 is 5.97 Å². The first-order valence-electron chi connectivity index (χ1n) is 2.51. The molecule has 0 atom stereocenters. The molecule has 1 fully saturated rings. The van der Waals surface area contributed by atoms with Crippen LogP contribution in [0.25, 0.3) is 0 Å². The Morgan fingerprint density at radius 2 is 2.25 bits per heavy atom. The van der Waals surface area contributed by atoms with Crippen LogP contribution in [0, 0.1) is 5.92 Å². The Morgan fingerprint density at radius 3 is 2.38 bits per heavy atom. The Hall–Kier alpha value is 0.470. The van der Waals surface area contributed by atoms with E-state index in [-0.39, 0.29) is 31.0 Å². The molecule has 1 aliphatic rings. The average molecular weight is 124 g/mol. The minimum absolute atomic E-state index is 0. The molecule has 0 aromatic rings. The van der Waals surface area contributed by atoms with Gasteiger partial charge in [0.15, 0.2) is 0 Å². The van der Waals surface area contributed by atoms with E-state index in [1.54, 1.807) is 0 Å². The second-order valence-electron chi connectivity index (χ2n) is 2.04. The van der Waals surface area contributed by atoms with Crippen LogP contribution >= 0.6 is 0 Å². The second-order valence-corrected chi connectivity index (χ2v) is 2.04. The zero-order valence-corrected chi connectivity index (χ0v) is 7.05. The molecular formula is C5H9NaO2. The summed E-state index contributed by atoms with van der Waals surface area (Å²) in [5, 5.41) is 8.12. The Morgan fingerprint density at radius 1 is 1.75 bits per heavy atom. The van der Waals surface area contributed by atoms with Gasteiger partial charge in [-0.1, -0.05) is 0 Å². The van der Waals surface area contributed by atoms with Crippen LogP contribution in [0.4, 0.5) is 0 Å². The van der Waals surface area contributed by atoms with Crippen molar-refractivity contribution in [1.29, 1.82) is 0 Å². The Labute approximate surface area is 72.0 Å². The predicted molar refractivity (Wildman–Crippen MR) is 26.1 cm³/mol. The smallest absolute Gasteiger partial charge is 1.00 e. The first kappa shape index (κ1) is 8.47. The van der Waals surface area contributed by atoms with Gasteiger partial charge in [0.1, 0.15) is 0 Å². The Kier molecular flexibility index (Phi) is 3.69. The normalized spacial score (nSPS) is 17.0. The summed E-state index contributed by atoms with van der Waals surface area (Å²) in [6, 6.07) is 0. The van der Waals surface area contributed by atoms with Crippen LogP contribution in [0.1, 0.15) is 20.7 Å². The van der Waals surface area contributed by atoms with Crippen LogP contribution in [0.3, 0.4) is 0 Å². The molecule has 8 heavy (non-hydrogen) atoms. The molecule has 2 nitrogen and oxygen atoms in total. The molecular weight excluding hydrogens is 115 g/mol. The molecule has 42 valence electrons. The van der Waals surface area contributed by atoms with Crippen molar-refractivity contribution in [1.82, 2.24) is 0 Å². The minimum Gasteiger partial charge on any atom is -1.00 e. The SMILES string of the molecule is O=C(O)CC1CC1.[H-].[Na+]. The monoisotopic (exact) mass is 124 g/mol. The van der Waals surface area contributed by atoms with E-state index < -0.39 is 5.97 Å². The minimum atomic E-state index is -0.650. The number of carbonyl (C=O) groups is 1. The molecule has 0 aromatic heterocycles. The number of hydrogen-bond donors (Lipinski definition) is 1. The van der Waals surface area contributed by atoms with Crippen molar-refractivity contribution < 1.29 is 40.9 Å². The number of carboxylic acid groups (broad SMARTS) is 1. The van der Waals surface area contributed by atoms with Crippen molar-refractivity contribution in [3.63, 3.8) is 0 Å². The summed E-state index contributed by atoms with van der Waals surface area (Å²) in [4.78, 5) is 9.85. The third kappa shape index (κ3) is 3.47. The maximum Gasteiger partial charge on any atom is 1.00 e. The molecule has 1 aliphatic carbocycles. The van der Waals surface area contributed by atoms with E-state index in [9.17, 15) is 4.79 Å². The molecule has 1 N–H and O–H groups in total. The quantitative estimate of drug-likeness (QED) is 0.432. The molecule has 0 bridgehead atoms. The summed E-state index contributed by atoms with van der Waals surface area (Å²) >= 11 is 0. The van der Waals surface area contributed by atoms with Crippen molar-refractivity contribution in [2.24, 2.45) is 5.92 Å². The van der Waals surface area contributed by atoms with E-state index in [2.05, 4.69) is 0 Å². The van der Waals surface area contributed by atoms with Gasteiger partial charge in [-0.3, -0.25) is 4.79 Å². The third-order valence-electron chi connectivity index (χ3n) is 1.16. The maximum atomic E-state index is 9.85. The predicted octanol–water partition coefficient (Wildman–Crippen LogP) is -2.01. The number of carboxylic acids is 1. The molecule has 0 aliphatic heterocycles. The summed E-state index contributed by atoms with van der Waals surface area (Å²) in [5.41, 5.74) is 0. The molecule has 0 amide bonds. The van der Waals surface area contributed by atoms with E-state index in [1.165, 1.54) is 0 Å². The van der Waals surface area contributed by atoms with Crippen LogP contribution in [0.15, 0.2) is 0 Å². The summed E-state index contributed by atoms with van der Waals surface area (Å²) in [5.74, 6) is -0.125. The molecule has 3 heteroatoms. The van der Waals surface area contributed by atoms with Crippen molar-refractivity contribution in [2.75, 3.05) is 0 Å². The fourth-order valence-corrected chi connectivity index (χ4v) is 0.569. The summed E-state index contributed by atoms with van der Waals surface area (Å²) < 4.78 is 0. The molecule has 1 rings (SSSR count). The van der Waals surface area contributed by atoms with Gasteiger partial charge in [0.2, 0.25) is 0 Å². The summed E-state index contributed by atoms with van der Waals surface area (Å²) in [6.45, 7) is 0. The van der Waals surface area contributed by atoms with E-state index in [4.69, 9.17) is 5.11 Å². The zero-order chi connectivity index (χ0) is 5.28. The average Bonchev–Trinajstić information content (AvgIpc) is 2.17. The van der Waals surface area contributed by atoms with Crippen molar-refractivity contribution in [3.8, 4) is 0 Å². The van der Waals surface area contributed by atoms with E-state index in [0.29, 0.717) is 12.3 Å². The van der Waals surface area contributed by atoms with Crippen LogP contribution in [-0.4, -0.2) is 11.1 Å². The molecule has 0 aromatic carbocycles. The van der Waals surface area contributed by atoms with Gasteiger partial charge in [0, 0.05) is 6.42 Å². The summed E-state index contributed by atoms with van der Waals surface area (Å²) in [6.07, 6.45) is 2.65. The first-order chi connectivity index (χ1) is 3.29. The van der Waals surface area contributed by atoms with Gasteiger partial charge < -0.3 is 6.53 Å². The van der Waals surface area contributed by atoms with Gasteiger partial charge >= 0.3 is 35.5 Å². The van der Waals surface area contributed by atoms with Gasteiger partial charge in [-0.2, -0.15) is 0 Å². The molecule has 0 spiro atoms. The largest absolute Gasteiger partial charge is 1.00 e. The van der Waals surface area contributed by atoms with Crippen LogP contribution in [-0.2, 0) is 4.79 Å². The standard InChI is InChI=1S/C5H8O2.Na.H/c6-5(7)3-4-1-2-4;;/h4H,1-3H2,(H,6,7);;/q;+1;-1. The van der Waals surface area contributed by atoms with Crippen LogP contribution in [0.5, 0.6) is 0 Å². The van der Waals surface area contributed by atoms with Gasteiger partial charge in [-0.05, 0) is 18.8 Å². The topological polar surface area (TPSA) is 37.3 Å². The van der Waals surface area contributed by atoms with Crippen LogP contribution in [0.2, 0.25) is 0 Å². The first-order valence-corrected chi connectivity index (χ1v) is 2.51. The van der Waals surface area contributed by atoms with Crippen molar-refractivity contribution in [3.05, 3.63) is 0 Å². The van der Waals surface area contributed by atoms with Gasteiger partial charge in [-0.15, -0.1) is 0 Å². The molecule has 0 unspecified atom stereocenters. The van der Waals surface area contributed by atoms with E-state index in [1.807, 2.05) is 0 Å². The number of rotatable bonds is 2. The Balaban J connectivity index is 0. The fraction of sp³-hybridized carbons (Fsp3) is 0.800. The number of aliphatic carboxylic acids is 1. The van der Waals surface area contributed by atoms with Gasteiger partial charge in [0.05, 0.1) is 0 Å². The zero-order valence-electron chi connectivity index (χ0n) is 6.05. The number of hydrogen-bond acceptors (Lipinski definition) is 1. The van der Waals surface area contributed by atoms with E-state index >= 15 is 0 Å². The second kappa shape index (κ2) is 3.49. The Bertz CT molecular complexity index is 93.0. The summed E-state index contributed by atoms with van der Waals surface area (Å²) in [7, 11) is 0. The molecule has 0 saturated heterocycles. The maximum absolute atomic E-state index is 9.85. The molecule has 0 radical (unpaired) electrons. The van der Waals surface area contributed by atoms with Gasteiger partial charge in [-0.25, -0.2) is 0 Å². The van der Waals surface area contributed by atoms with Crippen molar-refractivity contribution in [2.45, 2.75) is 19.3 Å². The molecule has 1 saturated carbocycles. The van der Waals surface area contributed by atoms with Crippen LogP contribution < -0.4 is 29.6 Å². The fourth-order valence-electron chi connectivity index (χ4n) is 0.569. The van der Waals surface area contributed by atoms with E-state index in [0.717, 1.165) is 12.8 Å². The molecule has 0 heterocycles. The van der Waals surface area contributed by atoms with Gasteiger partial charge in [0.25, 0.3) is 0 Å². The third-order valence-corrected chi connectivity index (χ3v) is 1.16.